The van der Waals surface area contributed by atoms with Crippen molar-refractivity contribution in [2.24, 2.45) is 0 Å². The van der Waals surface area contributed by atoms with Crippen LogP contribution in [0.1, 0.15) is 11.6 Å². The first-order valence-electron chi connectivity index (χ1n) is 5.59. The molecule has 0 radical (unpaired) electrons. The van der Waals surface area contributed by atoms with Crippen LogP contribution >= 0.6 is 0 Å². The third-order valence-electron chi connectivity index (χ3n) is 2.90. The highest BCUT2D eigenvalue weighted by Crippen LogP contribution is 2.23. The lowest BCUT2D eigenvalue weighted by atomic mass is 10.0. The zero-order chi connectivity index (χ0) is 13.1. The number of halogens is 2. The molecule has 1 heterocycles. The normalized spacial score (nSPS) is 18.6. The molecule has 1 N–H and O–H groups in total. The molecule has 1 fully saturated rings. The first-order valence-corrected chi connectivity index (χ1v) is 5.59. The molecule has 6 heteroatoms. The maximum absolute atomic E-state index is 13.2. The van der Waals surface area contributed by atoms with Crippen molar-refractivity contribution in [3.63, 3.8) is 0 Å². The summed E-state index contributed by atoms with van der Waals surface area (Å²) in [5.74, 6) is -3.10. The fraction of sp³-hybridized carbons (Fsp3) is 0.417. The van der Waals surface area contributed by atoms with Gasteiger partial charge in [-0.2, -0.15) is 0 Å². The summed E-state index contributed by atoms with van der Waals surface area (Å²) in [7, 11) is 0. The Morgan fingerprint density at radius 2 is 1.94 bits per heavy atom. The quantitative estimate of drug-likeness (QED) is 0.889. The maximum atomic E-state index is 13.2. The fourth-order valence-corrected chi connectivity index (χ4v) is 2.03. The molecule has 2 rings (SSSR count). The molecule has 4 nitrogen and oxygen atoms in total. The van der Waals surface area contributed by atoms with Crippen molar-refractivity contribution >= 4 is 5.97 Å². The van der Waals surface area contributed by atoms with Crippen LogP contribution in [0.15, 0.2) is 18.2 Å². The SMILES string of the molecule is O=C(O)[C@H](c1ccc(F)c(F)c1)N1CCOCC1. The molecule has 1 aliphatic heterocycles. The van der Waals surface area contributed by atoms with E-state index >= 15 is 0 Å². The zero-order valence-electron chi connectivity index (χ0n) is 9.60. The highest BCUT2D eigenvalue weighted by Gasteiger charge is 2.29. The molecule has 1 aromatic rings. The first-order chi connectivity index (χ1) is 8.59. The van der Waals surface area contributed by atoms with Crippen LogP contribution in [0, 0.1) is 11.6 Å². The number of ether oxygens (including phenoxy) is 1. The van der Waals surface area contributed by atoms with Crippen LogP contribution in [-0.2, 0) is 9.53 Å². The number of carboxylic acids is 1. The van der Waals surface area contributed by atoms with E-state index in [1.165, 1.54) is 6.07 Å². The van der Waals surface area contributed by atoms with Gasteiger partial charge < -0.3 is 9.84 Å². The van der Waals surface area contributed by atoms with Gasteiger partial charge in [0, 0.05) is 13.1 Å². The molecule has 98 valence electrons. The monoisotopic (exact) mass is 257 g/mol. The molecule has 0 saturated carbocycles. The topological polar surface area (TPSA) is 49.8 Å². The molecular weight excluding hydrogens is 244 g/mol. The summed E-state index contributed by atoms with van der Waals surface area (Å²) in [5, 5.41) is 9.24. The van der Waals surface area contributed by atoms with Gasteiger partial charge in [0.2, 0.25) is 0 Å². The number of hydrogen-bond donors (Lipinski definition) is 1. The Kier molecular flexibility index (Phi) is 3.88. The Labute approximate surface area is 103 Å². The van der Waals surface area contributed by atoms with E-state index in [1.807, 2.05) is 0 Å². The third kappa shape index (κ3) is 2.65. The average Bonchev–Trinajstić information content (AvgIpc) is 2.35. The van der Waals surface area contributed by atoms with Crippen LogP contribution in [0.25, 0.3) is 0 Å². The van der Waals surface area contributed by atoms with Gasteiger partial charge in [-0.3, -0.25) is 9.69 Å². The van der Waals surface area contributed by atoms with E-state index in [9.17, 15) is 18.7 Å². The second-order valence-electron chi connectivity index (χ2n) is 4.06. The van der Waals surface area contributed by atoms with Crippen LogP contribution in [0.5, 0.6) is 0 Å². The fourth-order valence-electron chi connectivity index (χ4n) is 2.03. The zero-order valence-corrected chi connectivity index (χ0v) is 9.60. The molecule has 18 heavy (non-hydrogen) atoms. The second kappa shape index (κ2) is 5.41. The number of benzene rings is 1. The second-order valence-corrected chi connectivity index (χ2v) is 4.06. The summed E-state index contributed by atoms with van der Waals surface area (Å²) in [5.41, 5.74) is 0.239. The number of carboxylic acid groups (broad SMARTS) is 1. The highest BCUT2D eigenvalue weighted by molar-refractivity contribution is 5.75. The van der Waals surface area contributed by atoms with E-state index in [0.717, 1.165) is 12.1 Å². The summed E-state index contributed by atoms with van der Waals surface area (Å²) in [6.45, 7) is 1.78. The number of carbonyl (C=O) groups is 1. The minimum atomic E-state index is -1.08. The van der Waals surface area contributed by atoms with Gasteiger partial charge in [0.25, 0.3) is 0 Å². The van der Waals surface area contributed by atoms with Gasteiger partial charge in [0.05, 0.1) is 13.2 Å². The van der Waals surface area contributed by atoms with Crippen LogP contribution in [0.2, 0.25) is 0 Å². The Balaban J connectivity index is 2.28. The summed E-state index contributed by atoms with van der Waals surface area (Å²) >= 11 is 0. The molecule has 1 aliphatic rings. The molecule has 0 unspecified atom stereocenters. The molecule has 1 aromatic carbocycles. The van der Waals surface area contributed by atoms with Gasteiger partial charge in [-0.05, 0) is 17.7 Å². The Hall–Kier alpha value is -1.53. The number of nitrogens with zero attached hydrogens (tertiary/aromatic N) is 1. The third-order valence-corrected chi connectivity index (χ3v) is 2.90. The van der Waals surface area contributed by atoms with E-state index in [4.69, 9.17) is 4.74 Å². The van der Waals surface area contributed by atoms with Crippen LogP contribution < -0.4 is 0 Å². The molecule has 0 aromatic heterocycles. The molecule has 0 bridgehead atoms. The van der Waals surface area contributed by atoms with Crippen LogP contribution in [0.3, 0.4) is 0 Å². The summed E-state index contributed by atoms with van der Waals surface area (Å²) in [6.07, 6.45) is 0. The summed E-state index contributed by atoms with van der Waals surface area (Å²) in [4.78, 5) is 13.0. The predicted octanol–water partition coefficient (Wildman–Crippen LogP) is 1.42. The number of morpholine rings is 1. The molecule has 1 saturated heterocycles. The Morgan fingerprint density at radius 1 is 1.28 bits per heavy atom. The van der Waals surface area contributed by atoms with Crippen LogP contribution in [-0.4, -0.2) is 42.3 Å². The van der Waals surface area contributed by atoms with Crippen molar-refractivity contribution in [3.8, 4) is 0 Å². The van der Waals surface area contributed by atoms with Gasteiger partial charge in [0.1, 0.15) is 6.04 Å². The molecule has 0 aliphatic carbocycles. The van der Waals surface area contributed by atoms with Gasteiger partial charge in [0.15, 0.2) is 11.6 Å². The van der Waals surface area contributed by atoms with E-state index in [-0.39, 0.29) is 5.56 Å². The van der Waals surface area contributed by atoms with Crippen molar-refractivity contribution in [1.29, 1.82) is 0 Å². The van der Waals surface area contributed by atoms with Crippen molar-refractivity contribution < 1.29 is 23.4 Å². The minimum Gasteiger partial charge on any atom is -0.480 e. The lowest BCUT2D eigenvalue weighted by Gasteiger charge is -2.32. The lowest BCUT2D eigenvalue weighted by molar-refractivity contribution is -0.145. The molecule has 1 atom stereocenters. The van der Waals surface area contributed by atoms with E-state index in [0.29, 0.717) is 26.3 Å². The smallest absolute Gasteiger partial charge is 0.325 e. The van der Waals surface area contributed by atoms with E-state index in [2.05, 4.69) is 0 Å². The minimum absolute atomic E-state index is 0.239. The van der Waals surface area contributed by atoms with Crippen molar-refractivity contribution in [2.45, 2.75) is 6.04 Å². The maximum Gasteiger partial charge on any atom is 0.325 e. The molecule has 0 amide bonds. The largest absolute Gasteiger partial charge is 0.480 e. The lowest BCUT2D eigenvalue weighted by Crippen LogP contribution is -2.42. The standard InChI is InChI=1S/C12H13F2NO3/c13-9-2-1-8(7-10(9)14)11(12(16)17)15-3-5-18-6-4-15/h1-2,7,11H,3-6H2,(H,16,17)/t11-/m0/s1. The van der Waals surface area contributed by atoms with Gasteiger partial charge in [-0.1, -0.05) is 6.07 Å². The van der Waals surface area contributed by atoms with Gasteiger partial charge in [-0.15, -0.1) is 0 Å². The molecule has 0 spiro atoms. The first kappa shape index (κ1) is 12.9. The van der Waals surface area contributed by atoms with Crippen LogP contribution in [0.4, 0.5) is 8.78 Å². The number of rotatable bonds is 3. The summed E-state index contributed by atoms with van der Waals surface area (Å²) < 4.78 is 31.1. The van der Waals surface area contributed by atoms with Gasteiger partial charge in [-0.25, -0.2) is 8.78 Å². The van der Waals surface area contributed by atoms with Crippen molar-refractivity contribution in [2.75, 3.05) is 26.3 Å². The Bertz CT molecular complexity index is 447. The van der Waals surface area contributed by atoms with E-state index in [1.54, 1.807) is 4.90 Å². The number of aliphatic carboxylic acids is 1. The van der Waals surface area contributed by atoms with Crippen molar-refractivity contribution in [3.05, 3.63) is 35.4 Å². The number of hydrogen-bond acceptors (Lipinski definition) is 3. The van der Waals surface area contributed by atoms with E-state index < -0.39 is 23.6 Å². The average molecular weight is 257 g/mol. The Morgan fingerprint density at radius 3 is 2.50 bits per heavy atom. The highest BCUT2D eigenvalue weighted by atomic mass is 19.2. The molecular formula is C12H13F2NO3. The summed E-state index contributed by atoms with van der Waals surface area (Å²) in [6, 6.07) is 2.21. The van der Waals surface area contributed by atoms with Crippen molar-refractivity contribution in [1.82, 2.24) is 4.90 Å². The van der Waals surface area contributed by atoms with Gasteiger partial charge >= 0.3 is 5.97 Å². The predicted molar refractivity (Wildman–Crippen MR) is 59.1 cm³/mol.